The Kier molecular flexibility index (Phi) is 4.24. The van der Waals surface area contributed by atoms with Crippen LogP contribution in [0, 0.1) is 13.8 Å². The summed E-state index contributed by atoms with van der Waals surface area (Å²) in [6, 6.07) is 11.5. The Morgan fingerprint density at radius 2 is 1.96 bits per heavy atom. The van der Waals surface area contributed by atoms with Gasteiger partial charge in [-0.25, -0.2) is 9.78 Å². The fraction of sp³-hybridized carbons (Fsp3) is 0.333. The first-order valence-electron chi connectivity index (χ1n) is 8.87. The van der Waals surface area contributed by atoms with Crippen molar-refractivity contribution in [1.82, 2.24) is 9.88 Å². The Balaban J connectivity index is 1.60. The van der Waals surface area contributed by atoms with Gasteiger partial charge in [0, 0.05) is 18.7 Å². The third-order valence-corrected chi connectivity index (χ3v) is 4.71. The van der Waals surface area contributed by atoms with Crippen molar-refractivity contribution >= 4 is 17.1 Å². The molecule has 0 amide bonds. The number of aromatic nitrogens is 1. The van der Waals surface area contributed by atoms with Crippen molar-refractivity contribution in [2.75, 3.05) is 20.1 Å². The van der Waals surface area contributed by atoms with Gasteiger partial charge >= 0.3 is 5.97 Å². The highest BCUT2D eigenvalue weighted by Gasteiger charge is 2.24. The first-order chi connectivity index (χ1) is 12.5. The van der Waals surface area contributed by atoms with Gasteiger partial charge in [0.05, 0.1) is 5.56 Å². The maximum absolute atomic E-state index is 12.4. The summed E-state index contributed by atoms with van der Waals surface area (Å²) in [7, 11) is 2.03. The van der Waals surface area contributed by atoms with Gasteiger partial charge in [0.2, 0.25) is 5.89 Å². The van der Waals surface area contributed by atoms with Gasteiger partial charge in [-0.05, 0) is 57.6 Å². The van der Waals surface area contributed by atoms with Gasteiger partial charge in [-0.15, -0.1) is 0 Å². The summed E-state index contributed by atoms with van der Waals surface area (Å²) in [5, 5.41) is 0. The summed E-state index contributed by atoms with van der Waals surface area (Å²) in [4.78, 5) is 19.1. The van der Waals surface area contributed by atoms with Crippen LogP contribution in [-0.4, -0.2) is 42.1 Å². The first-order valence-corrected chi connectivity index (χ1v) is 8.87. The average Bonchev–Trinajstić information content (AvgIpc) is 3.19. The van der Waals surface area contributed by atoms with Gasteiger partial charge in [-0.3, -0.25) is 0 Å². The molecule has 1 saturated heterocycles. The highest BCUT2D eigenvalue weighted by Crippen LogP contribution is 2.27. The predicted molar refractivity (Wildman–Crippen MR) is 100 cm³/mol. The van der Waals surface area contributed by atoms with Gasteiger partial charge in [0.1, 0.15) is 11.6 Å². The highest BCUT2D eigenvalue weighted by atomic mass is 16.5. The molecule has 0 aliphatic carbocycles. The number of oxazole rings is 1. The van der Waals surface area contributed by atoms with E-state index in [1.165, 1.54) is 0 Å². The number of ether oxygens (including phenoxy) is 1. The number of nitrogens with zero attached hydrogens (tertiary/aromatic N) is 2. The van der Waals surface area contributed by atoms with Crippen LogP contribution in [0.15, 0.2) is 40.8 Å². The van der Waals surface area contributed by atoms with Crippen LogP contribution in [0.3, 0.4) is 0 Å². The van der Waals surface area contributed by atoms with E-state index in [-0.39, 0.29) is 12.1 Å². The number of hydrogen-bond acceptors (Lipinski definition) is 5. The molecule has 5 heteroatoms. The molecule has 0 bridgehead atoms. The number of hydrogen-bond donors (Lipinski definition) is 0. The average molecular weight is 350 g/mol. The smallest absolute Gasteiger partial charge is 0.338 e. The zero-order chi connectivity index (χ0) is 18.3. The van der Waals surface area contributed by atoms with Crippen molar-refractivity contribution in [2.45, 2.75) is 26.4 Å². The monoisotopic (exact) mass is 350 g/mol. The molecule has 1 atom stereocenters. The Morgan fingerprint density at radius 3 is 2.65 bits per heavy atom. The summed E-state index contributed by atoms with van der Waals surface area (Å²) < 4.78 is 11.5. The maximum atomic E-state index is 12.4. The van der Waals surface area contributed by atoms with Crippen LogP contribution in [0.1, 0.15) is 27.9 Å². The van der Waals surface area contributed by atoms with E-state index in [0.29, 0.717) is 17.0 Å². The van der Waals surface area contributed by atoms with E-state index in [4.69, 9.17) is 9.15 Å². The van der Waals surface area contributed by atoms with Gasteiger partial charge in [0.15, 0.2) is 5.58 Å². The topological polar surface area (TPSA) is 55.6 Å². The second-order valence-corrected chi connectivity index (χ2v) is 7.16. The summed E-state index contributed by atoms with van der Waals surface area (Å²) in [5.74, 6) is 0.256. The first kappa shape index (κ1) is 16.8. The van der Waals surface area contributed by atoms with Crippen molar-refractivity contribution in [3.05, 3.63) is 53.1 Å². The predicted octanol–water partition coefficient (Wildman–Crippen LogP) is 3.97. The molecule has 1 aromatic heterocycles. The van der Waals surface area contributed by atoms with Crippen molar-refractivity contribution in [3.63, 3.8) is 0 Å². The Morgan fingerprint density at radius 1 is 1.19 bits per heavy atom. The molecule has 3 aromatic rings. The normalized spacial score (nSPS) is 17.7. The largest absolute Gasteiger partial charge is 0.457 e. The quantitative estimate of drug-likeness (QED) is 0.669. The lowest BCUT2D eigenvalue weighted by Crippen LogP contribution is -2.22. The van der Waals surface area contributed by atoms with Gasteiger partial charge in [-0.2, -0.15) is 0 Å². The second kappa shape index (κ2) is 6.57. The number of benzene rings is 2. The van der Waals surface area contributed by atoms with E-state index in [1.54, 1.807) is 12.1 Å². The summed E-state index contributed by atoms with van der Waals surface area (Å²) in [6.07, 6.45) is 0.840. The summed E-state index contributed by atoms with van der Waals surface area (Å²) >= 11 is 0. The maximum Gasteiger partial charge on any atom is 0.338 e. The van der Waals surface area contributed by atoms with Gasteiger partial charge < -0.3 is 14.1 Å². The molecule has 0 N–H and O–H groups in total. The third kappa shape index (κ3) is 3.35. The van der Waals surface area contributed by atoms with Gasteiger partial charge in [-0.1, -0.05) is 17.2 Å². The molecule has 1 fully saturated rings. The SMILES string of the molecule is Cc1cc(C)cc(-c2nc3ccc(C(=O)O[C@@H]4CCN(C)C4)cc3o2)c1. The van der Waals surface area contributed by atoms with Crippen molar-refractivity contribution in [3.8, 4) is 11.5 Å². The van der Waals surface area contributed by atoms with E-state index in [9.17, 15) is 4.79 Å². The van der Waals surface area contributed by atoms with Crippen LogP contribution in [0.4, 0.5) is 0 Å². The van der Waals surface area contributed by atoms with Crippen LogP contribution < -0.4 is 0 Å². The van der Waals surface area contributed by atoms with Crippen molar-refractivity contribution in [1.29, 1.82) is 0 Å². The van der Waals surface area contributed by atoms with Crippen LogP contribution in [0.5, 0.6) is 0 Å². The number of esters is 1. The summed E-state index contributed by atoms with van der Waals surface area (Å²) in [5.41, 5.74) is 5.08. The summed E-state index contributed by atoms with van der Waals surface area (Å²) in [6.45, 7) is 5.84. The minimum absolute atomic E-state index is 0.0382. The molecule has 0 radical (unpaired) electrons. The molecule has 0 saturated carbocycles. The molecular formula is C21H22N2O3. The molecular weight excluding hydrogens is 328 g/mol. The number of likely N-dealkylation sites (N-methyl/N-ethyl adjacent to an activating group) is 1. The third-order valence-electron chi connectivity index (χ3n) is 4.71. The van der Waals surface area contributed by atoms with Crippen LogP contribution in [-0.2, 0) is 4.74 Å². The molecule has 2 aromatic carbocycles. The Bertz CT molecular complexity index is 956. The van der Waals surface area contributed by atoms with E-state index >= 15 is 0 Å². The Labute approximate surface area is 152 Å². The Hall–Kier alpha value is -2.66. The molecule has 0 unspecified atom stereocenters. The minimum atomic E-state index is -0.309. The fourth-order valence-electron chi connectivity index (χ4n) is 3.48. The number of likely N-dealkylation sites (tertiary alicyclic amines) is 1. The van der Waals surface area contributed by atoms with Crippen molar-refractivity contribution in [2.24, 2.45) is 0 Å². The number of rotatable bonds is 3. The zero-order valence-electron chi connectivity index (χ0n) is 15.3. The van der Waals surface area contributed by atoms with Crippen molar-refractivity contribution < 1.29 is 13.9 Å². The number of aryl methyl sites for hydroxylation is 2. The molecule has 0 spiro atoms. The minimum Gasteiger partial charge on any atom is -0.457 e. The number of carbonyl (C=O) groups excluding carboxylic acids is 1. The lowest BCUT2D eigenvalue weighted by molar-refractivity contribution is 0.0327. The van der Waals surface area contributed by atoms with Crippen LogP contribution in [0.2, 0.25) is 0 Å². The molecule has 134 valence electrons. The van der Waals surface area contributed by atoms with Crippen LogP contribution >= 0.6 is 0 Å². The van der Waals surface area contributed by atoms with E-state index < -0.39 is 0 Å². The lowest BCUT2D eigenvalue weighted by Gasteiger charge is -2.12. The standard InChI is InChI=1S/C21H22N2O3/c1-13-8-14(2)10-16(9-13)20-22-18-5-4-15(11-19(18)26-20)21(24)25-17-6-7-23(3)12-17/h4-5,8-11,17H,6-7,12H2,1-3H3/t17-/m1/s1. The zero-order valence-corrected chi connectivity index (χ0v) is 15.3. The van der Waals surface area contributed by atoms with E-state index in [2.05, 4.69) is 16.0 Å². The van der Waals surface area contributed by atoms with E-state index in [1.807, 2.05) is 39.1 Å². The van der Waals surface area contributed by atoms with E-state index in [0.717, 1.165) is 41.7 Å². The highest BCUT2D eigenvalue weighted by molar-refractivity contribution is 5.93. The molecule has 26 heavy (non-hydrogen) atoms. The second-order valence-electron chi connectivity index (χ2n) is 7.16. The number of fused-ring (bicyclic) bond motifs is 1. The molecule has 1 aliphatic rings. The number of carbonyl (C=O) groups is 1. The molecule has 5 nitrogen and oxygen atoms in total. The molecule has 4 rings (SSSR count). The fourth-order valence-corrected chi connectivity index (χ4v) is 3.48. The molecule has 1 aliphatic heterocycles. The van der Waals surface area contributed by atoms with Crippen LogP contribution in [0.25, 0.3) is 22.6 Å². The molecule has 2 heterocycles. The lowest BCUT2D eigenvalue weighted by atomic mass is 10.1. The van der Waals surface area contributed by atoms with Gasteiger partial charge in [0.25, 0.3) is 0 Å².